The van der Waals surface area contributed by atoms with Crippen LogP contribution in [0.25, 0.3) is 22.9 Å². The van der Waals surface area contributed by atoms with Gasteiger partial charge in [0.05, 0.1) is 12.2 Å². The van der Waals surface area contributed by atoms with Crippen molar-refractivity contribution in [3.05, 3.63) is 66.3 Å². The number of hydrogen-bond acceptors (Lipinski definition) is 7. The minimum Gasteiger partial charge on any atom is -0.364 e. The first kappa shape index (κ1) is 21.4. The second-order valence-corrected chi connectivity index (χ2v) is 7.26. The van der Waals surface area contributed by atoms with Gasteiger partial charge in [-0.2, -0.15) is 13.5 Å². The molecular formula is C17H15ClFN7O3S. The number of nitrogens with two attached hydrogens (primary N) is 1. The molecule has 0 bridgehead atoms. The second kappa shape index (κ2) is 8.57. The smallest absolute Gasteiger partial charge is 0.297 e. The van der Waals surface area contributed by atoms with E-state index < -0.39 is 10.2 Å². The number of hydrogen-bond donors (Lipinski definition) is 2. The zero-order valence-corrected chi connectivity index (χ0v) is 16.8. The van der Waals surface area contributed by atoms with Crippen molar-refractivity contribution in [1.82, 2.24) is 24.9 Å². The van der Waals surface area contributed by atoms with E-state index in [1.165, 1.54) is 29.3 Å². The molecule has 0 atom stereocenters. The van der Waals surface area contributed by atoms with Crippen LogP contribution in [0.1, 0.15) is 5.56 Å². The van der Waals surface area contributed by atoms with Crippen LogP contribution in [0.3, 0.4) is 0 Å². The van der Waals surface area contributed by atoms with Crippen LogP contribution in [0.2, 0.25) is 0 Å². The zero-order valence-electron chi connectivity index (χ0n) is 15.1. The third-order valence-electron chi connectivity index (χ3n) is 3.89. The quantitative estimate of drug-likeness (QED) is 0.457. The summed E-state index contributed by atoms with van der Waals surface area (Å²) in [5.41, 5.74) is 1.79. The first-order chi connectivity index (χ1) is 13.9. The Hall–Kier alpha value is -3.35. The molecule has 10 nitrogen and oxygen atoms in total. The summed E-state index contributed by atoms with van der Waals surface area (Å²) in [7, 11) is -3.99. The minimum atomic E-state index is -3.99. The monoisotopic (exact) mass is 451 g/mol. The van der Waals surface area contributed by atoms with Crippen LogP contribution >= 0.6 is 12.4 Å². The molecule has 0 fully saturated rings. The number of rotatable bonds is 6. The largest absolute Gasteiger partial charge is 0.364 e. The van der Waals surface area contributed by atoms with Gasteiger partial charge in [0.1, 0.15) is 29.3 Å². The topological polar surface area (TPSA) is 142 Å². The van der Waals surface area contributed by atoms with E-state index in [2.05, 4.69) is 24.9 Å². The lowest BCUT2D eigenvalue weighted by molar-refractivity contribution is 0.421. The summed E-state index contributed by atoms with van der Waals surface area (Å²) in [6.07, 6.45) is 2.77. The molecule has 0 saturated carbocycles. The molecule has 3 aromatic heterocycles. The van der Waals surface area contributed by atoms with Crippen LogP contribution in [0, 0.1) is 5.82 Å². The van der Waals surface area contributed by atoms with Crippen LogP contribution in [0.4, 0.5) is 10.2 Å². The molecular weight excluding hydrogens is 437 g/mol. The van der Waals surface area contributed by atoms with E-state index in [1.807, 2.05) is 0 Å². The molecule has 3 heterocycles. The number of aromatic nitrogens is 5. The number of anilines is 1. The summed E-state index contributed by atoms with van der Waals surface area (Å²) >= 11 is 0. The Balaban J connectivity index is 0.00000256. The summed E-state index contributed by atoms with van der Waals surface area (Å²) in [4.78, 5) is 8.23. The SMILES string of the molecule is Cl.NS(=O)(=O)Nc1ccnc(-c2cc(-c3ccon3)n(Cc3ccccc3F)n2)n1. The van der Waals surface area contributed by atoms with Crippen molar-refractivity contribution in [2.75, 3.05) is 4.72 Å². The van der Waals surface area contributed by atoms with Gasteiger partial charge in [-0.3, -0.25) is 9.40 Å². The van der Waals surface area contributed by atoms with Crippen molar-refractivity contribution >= 4 is 28.4 Å². The Bertz CT molecular complexity index is 1260. The lowest BCUT2D eigenvalue weighted by Gasteiger charge is -2.06. The van der Waals surface area contributed by atoms with Crippen molar-refractivity contribution < 1.29 is 17.3 Å². The lowest BCUT2D eigenvalue weighted by Crippen LogP contribution is -2.22. The molecule has 156 valence electrons. The van der Waals surface area contributed by atoms with Gasteiger partial charge in [0.15, 0.2) is 5.82 Å². The molecule has 1 aromatic carbocycles. The van der Waals surface area contributed by atoms with Gasteiger partial charge in [-0.15, -0.1) is 12.4 Å². The van der Waals surface area contributed by atoms with Gasteiger partial charge in [0.25, 0.3) is 10.2 Å². The molecule has 30 heavy (non-hydrogen) atoms. The van der Waals surface area contributed by atoms with E-state index in [-0.39, 0.29) is 36.4 Å². The predicted octanol–water partition coefficient (Wildman–Crippen LogP) is 2.22. The third kappa shape index (κ3) is 4.79. The molecule has 0 radical (unpaired) electrons. The maximum atomic E-state index is 14.1. The Morgan fingerprint density at radius 2 is 1.97 bits per heavy atom. The van der Waals surface area contributed by atoms with Crippen molar-refractivity contribution in [3.63, 3.8) is 0 Å². The van der Waals surface area contributed by atoms with Gasteiger partial charge < -0.3 is 4.52 Å². The van der Waals surface area contributed by atoms with Crippen molar-refractivity contribution in [1.29, 1.82) is 0 Å². The first-order valence-electron chi connectivity index (χ1n) is 8.25. The van der Waals surface area contributed by atoms with Crippen LogP contribution in [0.15, 0.2) is 59.4 Å². The van der Waals surface area contributed by atoms with Gasteiger partial charge in [0.2, 0.25) is 0 Å². The fraction of sp³-hybridized carbons (Fsp3) is 0.0588. The molecule has 4 rings (SSSR count). The van der Waals surface area contributed by atoms with Gasteiger partial charge in [-0.05, 0) is 18.2 Å². The van der Waals surface area contributed by atoms with Gasteiger partial charge in [-0.1, -0.05) is 23.4 Å². The number of benzene rings is 1. The highest BCUT2D eigenvalue weighted by Crippen LogP contribution is 2.25. The normalized spacial score (nSPS) is 11.1. The van der Waals surface area contributed by atoms with Crippen molar-refractivity contribution in [2.24, 2.45) is 5.14 Å². The lowest BCUT2D eigenvalue weighted by atomic mass is 10.2. The molecule has 0 aliphatic rings. The van der Waals surface area contributed by atoms with E-state index in [4.69, 9.17) is 9.66 Å². The number of nitrogens with zero attached hydrogens (tertiary/aromatic N) is 5. The molecule has 0 saturated heterocycles. The number of halogens is 2. The Kier molecular flexibility index (Phi) is 6.10. The summed E-state index contributed by atoms with van der Waals surface area (Å²) in [6, 6.07) is 11.0. The van der Waals surface area contributed by atoms with Gasteiger partial charge >= 0.3 is 0 Å². The van der Waals surface area contributed by atoms with Gasteiger partial charge in [0, 0.05) is 17.8 Å². The molecule has 4 aromatic rings. The fourth-order valence-corrected chi connectivity index (χ4v) is 3.08. The Labute approximate surface area is 176 Å². The molecule has 0 amide bonds. The molecule has 3 N–H and O–H groups in total. The second-order valence-electron chi connectivity index (χ2n) is 5.96. The summed E-state index contributed by atoms with van der Waals surface area (Å²) < 4.78 is 45.1. The Morgan fingerprint density at radius 3 is 2.67 bits per heavy atom. The fourth-order valence-electron chi connectivity index (χ4n) is 2.67. The van der Waals surface area contributed by atoms with Crippen molar-refractivity contribution in [2.45, 2.75) is 6.54 Å². The summed E-state index contributed by atoms with van der Waals surface area (Å²) in [6.45, 7) is 0.129. The molecule has 13 heteroatoms. The van der Waals surface area contributed by atoms with Crippen LogP contribution in [-0.2, 0) is 16.8 Å². The zero-order chi connectivity index (χ0) is 20.4. The highest BCUT2D eigenvalue weighted by molar-refractivity contribution is 7.90. The van der Waals surface area contributed by atoms with Crippen LogP contribution < -0.4 is 9.86 Å². The van der Waals surface area contributed by atoms with Crippen LogP contribution in [0.5, 0.6) is 0 Å². The van der Waals surface area contributed by atoms with E-state index in [1.54, 1.807) is 30.3 Å². The highest BCUT2D eigenvalue weighted by atomic mass is 35.5. The highest BCUT2D eigenvalue weighted by Gasteiger charge is 2.17. The molecule has 0 unspecified atom stereocenters. The standard InChI is InChI=1S/C17H14FN7O3S.ClH/c18-12-4-2-1-3-11(12)10-25-15(13-6-8-28-23-13)9-14(22-25)17-20-7-5-16(21-17)24-29(19,26)27;/h1-9H,10H2,(H2,19,26,27)(H,20,21,24);1H. The maximum absolute atomic E-state index is 14.1. The third-order valence-corrected chi connectivity index (χ3v) is 4.38. The predicted molar refractivity (Wildman–Crippen MR) is 108 cm³/mol. The molecule has 0 spiro atoms. The van der Waals surface area contributed by atoms with E-state index in [0.717, 1.165) is 0 Å². The maximum Gasteiger partial charge on any atom is 0.297 e. The summed E-state index contributed by atoms with van der Waals surface area (Å²) in [5.74, 6) is -0.230. The summed E-state index contributed by atoms with van der Waals surface area (Å²) in [5, 5.41) is 13.3. The average molecular weight is 452 g/mol. The molecule has 0 aliphatic carbocycles. The first-order valence-corrected chi connectivity index (χ1v) is 9.80. The van der Waals surface area contributed by atoms with E-state index in [0.29, 0.717) is 22.6 Å². The number of nitrogens with one attached hydrogen (secondary N) is 1. The molecule has 0 aliphatic heterocycles. The van der Waals surface area contributed by atoms with Crippen molar-refractivity contribution in [3.8, 4) is 22.9 Å². The minimum absolute atomic E-state index is 0. The van der Waals surface area contributed by atoms with Gasteiger partial charge in [-0.25, -0.2) is 19.5 Å². The van der Waals surface area contributed by atoms with E-state index in [9.17, 15) is 12.8 Å². The van der Waals surface area contributed by atoms with E-state index >= 15 is 0 Å². The average Bonchev–Trinajstić information content (AvgIpc) is 3.32. The Morgan fingerprint density at radius 1 is 1.17 bits per heavy atom. The van der Waals surface area contributed by atoms with Crippen LogP contribution in [-0.4, -0.2) is 33.3 Å².